The second-order valence-corrected chi connectivity index (χ2v) is 8.66. The molecule has 2 aromatic heterocycles. The van der Waals surface area contributed by atoms with Crippen LogP contribution in [0.4, 0.5) is 5.82 Å². The van der Waals surface area contributed by atoms with Crippen LogP contribution in [0.2, 0.25) is 0 Å². The summed E-state index contributed by atoms with van der Waals surface area (Å²) in [5.74, 6) is 1.26. The zero-order valence-corrected chi connectivity index (χ0v) is 15.4. The highest BCUT2D eigenvalue weighted by atomic mass is 31.2. The van der Waals surface area contributed by atoms with E-state index in [0.717, 1.165) is 6.42 Å². The summed E-state index contributed by atoms with van der Waals surface area (Å²) >= 11 is 0. The molecule has 0 spiro atoms. The monoisotopic (exact) mass is 367 g/mol. The molecule has 1 aliphatic carbocycles. The highest BCUT2D eigenvalue weighted by Crippen LogP contribution is 2.53. The number of anilines is 1. The summed E-state index contributed by atoms with van der Waals surface area (Å²) in [5, 5.41) is 0. The summed E-state index contributed by atoms with van der Waals surface area (Å²) < 4.78 is 13.8. The van der Waals surface area contributed by atoms with E-state index in [-0.39, 0.29) is 5.82 Å². The highest BCUT2D eigenvalue weighted by Gasteiger charge is 2.34. The molecule has 1 saturated carbocycles. The van der Waals surface area contributed by atoms with Crippen LogP contribution in [0, 0.1) is 5.92 Å². The number of aromatic nitrogens is 4. The van der Waals surface area contributed by atoms with Crippen LogP contribution >= 0.6 is 7.60 Å². The normalized spacial score (nSPS) is 17.9. The molecule has 0 aromatic carbocycles. The van der Waals surface area contributed by atoms with E-state index in [1.165, 1.54) is 38.4 Å². The van der Waals surface area contributed by atoms with Gasteiger partial charge in [0.25, 0.3) is 0 Å². The Hall–Kier alpha value is -1.50. The van der Waals surface area contributed by atoms with Gasteiger partial charge >= 0.3 is 7.60 Å². The van der Waals surface area contributed by atoms with Gasteiger partial charge in [-0.1, -0.05) is 39.0 Å². The minimum absolute atomic E-state index is 0.239. The summed E-state index contributed by atoms with van der Waals surface area (Å²) in [4.78, 5) is 32.2. The summed E-state index contributed by atoms with van der Waals surface area (Å²) in [6, 6.07) is 0. The second-order valence-electron chi connectivity index (χ2n) is 6.86. The van der Waals surface area contributed by atoms with Crippen LogP contribution in [0.25, 0.3) is 11.2 Å². The molecule has 0 amide bonds. The maximum Gasteiger partial charge on any atom is 0.336 e. The van der Waals surface area contributed by atoms with Crippen LogP contribution in [0.3, 0.4) is 0 Å². The predicted molar refractivity (Wildman–Crippen MR) is 96.0 cm³/mol. The summed E-state index contributed by atoms with van der Waals surface area (Å²) in [5.41, 5.74) is 5.94. The number of hydrogen-bond acceptors (Lipinski definition) is 5. The average Bonchev–Trinajstić information content (AvgIpc) is 2.93. The Morgan fingerprint density at radius 1 is 1.32 bits per heavy atom. The first-order chi connectivity index (χ1) is 11.9. The Morgan fingerprint density at radius 2 is 2.04 bits per heavy atom. The Balaban J connectivity index is 1.99. The van der Waals surface area contributed by atoms with E-state index in [9.17, 15) is 14.4 Å². The van der Waals surface area contributed by atoms with Crippen molar-refractivity contribution in [2.45, 2.75) is 64.1 Å². The molecule has 3 rings (SSSR count). The minimum atomic E-state index is -4.32. The quantitative estimate of drug-likeness (QED) is 0.670. The molecule has 4 N–H and O–H groups in total. The molecule has 9 heteroatoms. The third kappa shape index (κ3) is 3.86. The zero-order valence-electron chi connectivity index (χ0n) is 14.5. The van der Waals surface area contributed by atoms with Crippen LogP contribution in [-0.4, -0.2) is 29.3 Å². The van der Waals surface area contributed by atoms with Crippen molar-refractivity contribution in [3.8, 4) is 0 Å². The Labute approximate surface area is 147 Å². The zero-order chi connectivity index (χ0) is 18.0. The van der Waals surface area contributed by atoms with E-state index >= 15 is 0 Å². The van der Waals surface area contributed by atoms with Gasteiger partial charge in [-0.25, -0.2) is 15.0 Å². The first-order valence-electron chi connectivity index (χ1n) is 8.93. The lowest BCUT2D eigenvalue weighted by Crippen LogP contribution is -2.14. The van der Waals surface area contributed by atoms with Crippen molar-refractivity contribution < 1.29 is 14.4 Å². The molecule has 138 valence electrons. The third-order valence-corrected chi connectivity index (χ3v) is 6.57. The molecular formula is C16H26N5O3P. The van der Waals surface area contributed by atoms with E-state index in [2.05, 4.69) is 15.0 Å². The third-order valence-electron chi connectivity index (χ3n) is 5.17. The number of nitrogens with zero attached hydrogens (tertiary/aromatic N) is 4. The van der Waals surface area contributed by atoms with Crippen molar-refractivity contribution in [1.29, 1.82) is 0 Å². The van der Waals surface area contributed by atoms with Crippen molar-refractivity contribution in [2.75, 3.05) is 5.73 Å². The fourth-order valence-electron chi connectivity index (χ4n) is 3.80. The second kappa shape index (κ2) is 7.40. The highest BCUT2D eigenvalue weighted by molar-refractivity contribution is 7.52. The SMILES string of the molecule is CCC(c1nc2c(N)ncnc2n1CCC1CCCCC1)P(=O)(O)O. The smallest absolute Gasteiger partial charge is 0.336 e. The lowest BCUT2D eigenvalue weighted by atomic mass is 9.87. The fourth-order valence-corrected chi connectivity index (χ4v) is 4.78. The molecule has 8 nitrogen and oxygen atoms in total. The number of imidazole rings is 1. The number of fused-ring (bicyclic) bond motifs is 1. The number of nitrogens with two attached hydrogens (primary N) is 1. The van der Waals surface area contributed by atoms with Gasteiger partial charge in [0.2, 0.25) is 0 Å². The van der Waals surface area contributed by atoms with Crippen molar-refractivity contribution in [2.24, 2.45) is 5.92 Å². The number of aryl methyl sites for hydroxylation is 1. The molecule has 2 heterocycles. The Kier molecular flexibility index (Phi) is 5.41. The van der Waals surface area contributed by atoms with Crippen LogP contribution in [0.1, 0.15) is 63.4 Å². The average molecular weight is 367 g/mol. The molecule has 25 heavy (non-hydrogen) atoms. The van der Waals surface area contributed by atoms with Gasteiger partial charge < -0.3 is 20.1 Å². The molecule has 1 fully saturated rings. The lowest BCUT2D eigenvalue weighted by Gasteiger charge is -2.23. The van der Waals surface area contributed by atoms with Gasteiger partial charge in [0.15, 0.2) is 17.0 Å². The van der Waals surface area contributed by atoms with Gasteiger partial charge in [0.1, 0.15) is 17.8 Å². The van der Waals surface area contributed by atoms with E-state index in [1.807, 2.05) is 4.57 Å². The largest absolute Gasteiger partial charge is 0.382 e. The van der Waals surface area contributed by atoms with Gasteiger partial charge in [0.05, 0.1) is 0 Å². The van der Waals surface area contributed by atoms with Crippen molar-refractivity contribution in [3.63, 3.8) is 0 Å². The lowest BCUT2D eigenvalue weighted by molar-refractivity contribution is 0.321. The van der Waals surface area contributed by atoms with E-state index in [0.29, 0.717) is 35.9 Å². The molecule has 0 radical (unpaired) electrons. The molecule has 2 aromatic rings. The van der Waals surface area contributed by atoms with E-state index < -0.39 is 13.3 Å². The molecule has 1 unspecified atom stereocenters. The molecule has 1 aliphatic rings. The first-order valence-corrected chi connectivity index (χ1v) is 10.6. The predicted octanol–water partition coefficient (Wildman–Crippen LogP) is 3.01. The van der Waals surface area contributed by atoms with Crippen molar-refractivity contribution in [1.82, 2.24) is 19.5 Å². The fraction of sp³-hybridized carbons (Fsp3) is 0.688. The number of rotatable bonds is 6. The van der Waals surface area contributed by atoms with Gasteiger partial charge in [-0.15, -0.1) is 0 Å². The van der Waals surface area contributed by atoms with E-state index in [4.69, 9.17) is 5.73 Å². The topological polar surface area (TPSA) is 127 Å². The molecule has 1 atom stereocenters. The molecule has 0 saturated heterocycles. The minimum Gasteiger partial charge on any atom is -0.382 e. The standard InChI is InChI=1S/C16H26N5O3P/c1-2-12(25(22,23)24)15-20-13-14(17)18-10-19-16(13)21(15)9-8-11-6-4-3-5-7-11/h10-12H,2-9H2,1H3,(H2,17,18,19)(H2,22,23,24). The van der Waals surface area contributed by atoms with Gasteiger partial charge in [-0.3, -0.25) is 4.57 Å². The van der Waals surface area contributed by atoms with Gasteiger partial charge in [-0.2, -0.15) is 0 Å². The molecule has 0 aliphatic heterocycles. The molecular weight excluding hydrogens is 341 g/mol. The maximum absolute atomic E-state index is 12.0. The van der Waals surface area contributed by atoms with Crippen molar-refractivity contribution in [3.05, 3.63) is 12.2 Å². The first kappa shape index (κ1) is 18.3. The number of nitrogen functional groups attached to an aromatic ring is 1. The van der Waals surface area contributed by atoms with Crippen LogP contribution < -0.4 is 5.73 Å². The van der Waals surface area contributed by atoms with Crippen molar-refractivity contribution >= 4 is 24.6 Å². The number of hydrogen-bond donors (Lipinski definition) is 3. The maximum atomic E-state index is 12.0. The Morgan fingerprint density at radius 3 is 2.68 bits per heavy atom. The van der Waals surface area contributed by atoms with Crippen LogP contribution in [0.15, 0.2) is 6.33 Å². The Bertz CT molecular complexity index is 781. The molecule has 0 bridgehead atoms. The van der Waals surface area contributed by atoms with Crippen LogP contribution in [-0.2, 0) is 11.1 Å². The summed E-state index contributed by atoms with van der Waals surface area (Å²) in [6.45, 7) is 2.40. The summed E-state index contributed by atoms with van der Waals surface area (Å²) in [6.07, 6.45) is 8.89. The van der Waals surface area contributed by atoms with Gasteiger partial charge in [0, 0.05) is 6.54 Å². The van der Waals surface area contributed by atoms with Gasteiger partial charge in [-0.05, 0) is 18.8 Å². The summed E-state index contributed by atoms with van der Waals surface area (Å²) in [7, 11) is -4.32. The van der Waals surface area contributed by atoms with E-state index in [1.54, 1.807) is 6.92 Å². The van der Waals surface area contributed by atoms with Crippen LogP contribution in [0.5, 0.6) is 0 Å².